The largest absolute Gasteiger partial charge is 0.494 e. The van der Waals surface area contributed by atoms with E-state index in [4.69, 9.17) is 9.47 Å². The average molecular weight is 291 g/mol. The molecule has 0 bridgehead atoms. The SMILES string of the molecule is CCOc1cc2c(cc1CNC(C)C(C)CC)OC(C)C2. The van der Waals surface area contributed by atoms with Gasteiger partial charge in [0, 0.05) is 30.1 Å². The Balaban J connectivity index is 2.12. The molecule has 1 N–H and O–H groups in total. The van der Waals surface area contributed by atoms with Crippen LogP contribution in [0.15, 0.2) is 12.1 Å². The van der Waals surface area contributed by atoms with Crippen molar-refractivity contribution in [2.24, 2.45) is 5.92 Å². The molecule has 0 aliphatic carbocycles. The topological polar surface area (TPSA) is 30.5 Å². The van der Waals surface area contributed by atoms with Crippen molar-refractivity contribution in [2.75, 3.05) is 6.61 Å². The van der Waals surface area contributed by atoms with Crippen LogP contribution in [-0.2, 0) is 13.0 Å². The van der Waals surface area contributed by atoms with Gasteiger partial charge >= 0.3 is 0 Å². The first kappa shape index (κ1) is 16.2. The molecule has 2 rings (SSSR count). The molecule has 3 atom stereocenters. The molecular weight excluding hydrogens is 262 g/mol. The van der Waals surface area contributed by atoms with Gasteiger partial charge in [-0.3, -0.25) is 0 Å². The normalized spacial score (nSPS) is 19.8. The van der Waals surface area contributed by atoms with Gasteiger partial charge in [-0.1, -0.05) is 20.3 Å². The fourth-order valence-electron chi connectivity index (χ4n) is 2.74. The summed E-state index contributed by atoms with van der Waals surface area (Å²) in [4.78, 5) is 0. The van der Waals surface area contributed by atoms with E-state index in [9.17, 15) is 0 Å². The maximum Gasteiger partial charge on any atom is 0.124 e. The Morgan fingerprint density at radius 1 is 1.33 bits per heavy atom. The van der Waals surface area contributed by atoms with Crippen LogP contribution in [0, 0.1) is 5.92 Å². The fraction of sp³-hybridized carbons (Fsp3) is 0.667. The molecule has 0 aromatic heterocycles. The number of benzene rings is 1. The van der Waals surface area contributed by atoms with Crippen molar-refractivity contribution >= 4 is 0 Å². The van der Waals surface area contributed by atoms with Gasteiger partial charge in [0.15, 0.2) is 0 Å². The molecule has 1 aliphatic heterocycles. The van der Waals surface area contributed by atoms with Crippen LogP contribution in [0.3, 0.4) is 0 Å². The number of hydrogen-bond donors (Lipinski definition) is 1. The van der Waals surface area contributed by atoms with E-state index < -0.39 is 0 Å². The summed E-state index contributed by atoms with van der Waals surface area (Å²) in [6.45, 7) is 12.4. The van der Waals surface area contributed by atoms with E-state index in [2.05, 4.69) is 45.1 Å². The standard InChI is InChI=1S/C18H29NO2/c1-6-12(3)14(5)19-11-16-10-18-15(8-13(4)21-18)9-17(16)20-7-2/h9-10,12-14,19H,6-8,11H2,1-5H3. The number of nitrogens with one attached hydrogen (secondary N) is 1. The lowest BCUT2D eigenvalue weighted by Gasteiger charge is -2.21. The average Bonchev–Trinajstić information content (AvgIpc) is 2.82. The van der Waals surface area contributed by atoms with Crippen molar-refractivity contribution in [1.82, 2.24) is 5.32 Å². The third-order valence-corrected chi connectivity index (χ3v) is 4.49. The van der Waals surface area contributed by atoms with Crippen molar-refractivity contribution in [3.63, 3.8) is 0 Å². The van der Waals surface area contributed by atoms with Gasteiger partial charge in [0.2, 0.25) is 0 Å². The van der Waals surface area contributed by atoms with Crippen LogP contribution in [-0.4, -0.2) is 18.8 Å². The lowest BCUT2D eigenvalue weighted by atomic mass is 10.0. The number of fused-ring (bicyclic) bond motifs is 1. The number of rotatable bonds is 7. The van der Waals surface area contributed by atoms with Gasteiger partial charge in [-0.15, -0.1) is 0 Å². The molecule has 21 heavy (non-hydrogen) atoms. The molecule has 3 heteroatoms. The highest BCUT2D eigenvalue weighted by molar-refractivity contribution is 5.48. The van der Waals surface area contributed by atoms with Gasteiger partial charge < -0.3 is 14.8 Å². The third-order valence-electron chi connectivity index (χ3n) is 4.49. The Morgan fingerprint density at radius 2 is 2.10 bits per heavy atom. The van der Waals surface area contributed by atoms with Gasteiger partial charge in [-0.25, -0.2) is 0 Å². The van der Waals surface area contributed by atoms with Gasteiger partial charge in [0.25, 0.3) is 0 Å². The summed E-state index contributed by atoms with van der Waals surface area (Å²) in [5, 5.41) is 3.62. The Kier molecular flexibility index (Phi) is 5.51. The molecule has 0 saturated carbocycles. The second-order valence-corrected chi connectivity index (χ2v) is 6.19. The van der Waals surface area contributed by atoms with E-state index in [-0.39, 0.29) is 6.10 Å². The summed E-state index contributed by atoms with van der Waals surface area (Å²) in [5.74, 6) is 2.70. The molecule has 0 radical (unpaired) electrons. The van der Waals surface area contributed by atoms with Crippen molar-refractivity contribution in [3.05, 3.63) is 23.3 Å². The Bertz CT molecular complexity index is 473. The molecule has 3 nitrogen and oxygen atoms in total. The zero-order chi connectivity index (χ0) is 15.4. The highest BCUT2D eigenvalue weighted by Gasteiger charge is 2.22. The minimum atomic E-state index is 0.275. The Labute approximate surface area is 129 Å². The second kappa shape index (κ2) is 7.17. The van der Waals surface area contributed by atoms with Crippen molar-refractivity contribution in [1.29, 1.82) is 0 Å². The zero-order valence-corrected chi connectivity index (χ0v) is 14.0. The summed E-state index contributed by atoms with van der Waals surface area (Å²) < 4.78 is 11.7. The first-order valence-corrected chi connectivity index (χ1v) is 8.23. The summed E-state index contributed by atoms with van der Waals surface area (Å²) in [6, 6.07) is 4.81. The van der Waals surface area contributed by atoms with E-state index in [1.807, 2.05) is 6.92 Å². The molecular formula is C18H29NO2. The van der Waals surface area contributed by atoms with Crippen molar-refractivity contribution in [2.45, 2.75) is 66.2 Å². The van der Waals surface area contributed by atoms with Gasteiger partial charge in [0.05, 0.1) is 6.61 Å². The van der Waals surface area contributed by atoms with E-state index in [0.717, 1.165) is 24.5 Å². The van der Waals surface area contributed by atoms with Gasteiger partial charge in [-0.05, 0) is 38.8 Å². The minimum Gasteiger partial charge on any atom is -0.494 e. The maximum absolute atomic E-state index is 5.87. The molecule has 1 aromatic rings. The van der Waals surface area contributed by atoms with Gasteiger partial charge in [0.1, 0.15) is 17.6 Å². The Hall–Kier alpha value is -1.22. The quantitative estimate of drug-likeness (QED) is 0.825. The van der Waals surface area contributed by atoms with Crippen LogP contribution in [0.2, 0.25) is 0 Å². The zero-order valence-electron chi connectivity index (χ0n) is 14.0. The number of ether oxygens (including phenoxy) is 2. The van der Waals surface area contributed by atoms with E-state index in [0.29, 0.717) is 18.6 Å². The maximum atomic E-state index is 5.87. The highest BCUT2D eigenvalue weighted by atomic mass is 16.5. The summed E-state index contributed by atoms with van der Waals surface area (Å²) in [6.07, 6.45) is 2.45. The fourth-order valence-corrected chi connectivity index (χ4v) is 2.74. The monoisotopic (exact) mass is 291 g/mol. The Morgan fingerprint density at radius 3 is 2.76 bits per heavy atom. The van der Waals surface area contributed by atoms with Crippen LogP contribution < -0.4 is 14.8 Å². The lowest BCUT2D eigenvalue weighted by molar-refractivity contribution is 0.254. The van der Waals surface area contributed by atoms with Crippen LogP contribution >= 0.6 is 0 Å². The first-order valence-electron chi connectivity index (χ1n) is 8.23. The molecule has 3 unspecified atom stereocenters. The second-order valence-electron chi connectivity index (χ2n) is 6.19. The number of hydrogen-bond acceptors (Lipinski definition) is 3. The third kappa shape index (κ3) is 3.91. The summed E-state index contributed by atoms with van der Waals surface area (Å²) in [5.41, 5.74) is 2.46. The summed E-state index contributed by atoms with van der Waals surface area (Å²) in [7, 11) is 0. The van der Waals surface area contributed by atoms with E-state index in [1.165, 1.54) is 17.5 Å². The predicted octanol–water partition coefficient (Wildman–Crippen LogP) is 3.93. The molecule has 0 spiro atoms. The summed E-state index contributed by atoms with van der Waals surface area (Å²) >= 11 is 0. The predicted molar refractivity (Wildman–Crippen MR) is 87.2 cm³/mol. The first-order chi connectivity index (χ1) is 10.0. The van der Waals surface area contributed by atoms with Crippen LogP contribution in [0.25, 0.3) is 0 Å². The van der Waals surface area contributed by atoms with Crippen LogP contribution in [0.4, 0.5) is 0 Å². The smallest absolute Gasteiger partial charge is 0.124 e. The minimum absolute atomic E-state index is 0.275. The van der Waals surface area contributed by atoms with E-state index >= 15 is 0 Å². The van der Waals surface area contributed by atoms with Crippen molar-refractivity contribution in [3.8, 4) is 11.5 Å². The van der Waals surface area contributed by atoms with Crippen molar-refractivity contribution < 1.29 is 9.47 Å². The highest BCUT2D eigenvalue weighted by Crippen LogP contribution is 2.35. The molecule has 0 saturated heterocycles. The van der Waals surface area contributed by atoms with Gasteiger partial charge in [-0.2, -0.15) is 0 Å². The molecule has 118 valence electrons. The molecule has 1 heterocycles. The van der Waals surface area contributed by atoms with E-state index in [1.54, 1.807) is 0 Å². The lowest BCUT2D eigenvalue weighted by Crippen LogP contribution is -2.31. The molecule has 1 aliphatic rings. The molecule has 0 amide bonds. The molecule has 1 aromatic carbocycles. The molecule has 0 fully saturated rings. The van der Waals surface area contributed by atoms with Crippen LogP contribution in [0.1, 0.15) is 52.2 Å². The van der Waals surface area contributed by atoms with Crippen LogP contribution in [0.5, 0.6) is 11.5 Å².